The number of thiophene rings is 1. The maximum Gasteiger partial charge on any atom is 0.263 e. The molecule has 2 heterocycles. The highest BCUT2D eigenvalue weighted by molar-refractivity contribution is 9.10. The summed E-state index contributed by atoms with van der Waals surface area (Å²) in [5.74, 6) is -0.259. The molecule has 1 aromatic carbocycles. The summed E-state index contributed by atoms with van der Waals surface area (Å²) in [6.07, 6.45) is 0.322. The molecular weight excluding hydrogens is 342 g/mol. The first-order chi connectivity index (χ1) is 9.54. The van der Waals surface area contributed by atoms with Gasteiger partial charge in [-0.25, -0.2) is 0 Å². The zero-order valence-electron chi connectivity index (χ0n) is 10.4. The Morgan fingerprint density at radius 1 is 1.50 bits per heavy atom. The van der Waals surface area contributed by atoms with Crippen LogP contribution in [0.2, 0.25) is 0 Å². The number of anilines is 1. The number of nitrogen functional groups attached to an aromatic ring is 1. The van der Waals surface area contributed by atoms with Crippen molar-refractivity contribution >= 4 is 54.9 Å². The van der Waals surface area contributed by atoms with Crippen LogP contribution in [-0.4, -0.2) is 24.4 Å². The smallest absolute Gasteiger partial charge is 0.263 e. The van der Waals surface area contributed by atoms with Gasteiger partial charge in [0.1, 0.15) is 4.88 Å². The van der Waals surface area contributed by atoms with Crippen LogP contribution in [0.3, 0.4) is 0 Å². The Morgan fingerprint density at radius 3 is 3.00 bits per heavy atom. The summed E-state index contributed by atoms with van der Waals surface area (Å²) >= 11 is 4.76. The van der Waals surface area contributed by atoms with E-state index in [0.29, 0.717) is 23.5 Å². The molecule has 104 valence electrons. The minimum atomic E-state index is -0.221. The van der Waals surface area contributed by atoms with Gasteiger partial charge in [0.15, 0.2) is 0 Å². The zero-order chi connectivity index (χ0) is 14.3. The monoisotopic (exact) mass is 353 g/mol. The molecule has 1 aliphatic heterocycles. The molecule has 5 nitrogen and oxygen atoms in total. The number of nitrogens with two attached hydrogens (primary N) is 1. The van der Waals surface area contributed by atoms with Gasteiger partial charge in [0.05, 0.1) is 11.7 Å². The second kappa shape index (κ2) is 5.06. The van der Waals surface area contributed by atoms with E-state index in [1.165, 1.54) is 11.3 Å². The molecule has 1 fully saturated rings. The average Bonchev–Trinajstić information content (AvgIpc) is 2.94. The second-order valence-electron chi connectivity index (χ2n) is 4.66. The molecule has 1 aromatic heterocycles. The van der Waals surface area contributed by atoms with Crippen LogP contribution in [0.5, 0.6) is 0 Å². The molecule has 2 amide bonds. The molecule has 0 bridgehead atoms. The average molecular weight is 354 g/mol. The number of hydrogen-bond donors (Lipinski definition) is 3. The number of benzene rings is 1. The zero-order valence-corrected chi connectivity index (χ0v) is 12.8. The number of amides is 2. The highest BCUT2D eigenvalue weighted by atomic mass is 79.9. The summed E-state index contributed by atoms with van der Waals surface area (Å²) in [5.41, 5.74) is 6.54. The number of carbonyl (C=O) groups excluding carboxylic acids is 2. The van der Waals surface area contributed by atoms with Crippen LogP contribution in [0.25, 0.3) is 10.1 Å². The number of fused-ring (bicyclic) bond motifs is 1. The van der Waals surface area contributed by atoms with E-state index >= 15 is 0 Å². The molecule has 0 aliphatic carbocycles. The number of hydrogen-bond acceptors (Lipinski definition) is 4. The standard InChI is InChI=1S/C13H12BrN3O2S/c14-6-1-2-8-9(3-6)20-12(11(8)15)13(19)17-7-4-10(18)16-5-7/h1-3,7H,4-5,15H2,(H,16,18)(H,17,19). The molecule has 1 atom stereocenters. The lowest BCUT2D eigenvalue weighted by molar-refractivity contribution is -0.119. The Morgan fingerprint density at radius 2 is 2.30 bits per heavy atom. The van der Waals surface area contributed by atoms with Crippen LogP contribution < -0.4 is 16.4 Å². The fourth-order valence-corrected chi connectivity index (χ4v) is 3.80. The van der Waals surface area contributed by atoms with Crippen molar-refractivity contribution in [1.29, 1.82) is 0 Å². The largest absolute Gasteiger partial charge is 0.397 e. The van der Waals surface area contributed by atoms with Gasteiger partial charge in [0, 0.05) is 27.5 Å². The predicted molar refractivity (Wildman–Crippen MR) is 82.8 cm³/mol. The summed E-state index contributed by atoms with van der Waals surface area (Å²) < 4.78 is 1.91. The summed E-state index contributed by atoms with van der Waals surface area (Å²) in [6.45, 7) is 0.473. The molecule has 3 rings (SSSR count). The lowest BCUT2D eigenvalue weighted by Gasteiger charge is -2.09. The first-order valence-corrected chi connectivity index (χ1v) is 7.70. The molecule has 2 aromatic rings. The van der Waals surface area contributed by atoms with Crippen molar-refractivity contribution in [2.75, 3.05) is 12.3 Å². The Labute approximate surface area is 127 Å². The molecule has 0 spiro atoms. The minimum absolute atomic E-state index is 0.0384. The lowest BCUT2D eigenvalue weighted by atomic mass is 10.2. The molecule has 20 heavy (non-hydrogen) atoms. The Bertz CT molecular complexity index is 713. The summed E-state index contributed by atoms with van der Waals surface area (Å²) in [6, 6.07) is 5.56. The van der Waals surface area contributed by atoms with Gasteiger partial charge in [-0.15, -0.1) is 11.3 Å². The van der Waals surface area contributed by atoms with E-state index in [1.807, 2.05) is 18.2 Å². The van der Waals surface area contributed by atoms with Gasteiger partial charge in [0.2, 0.25) is 5.91 Å². The van der Waals surface area contributed by atoms with E-state index in [-0.39, 0.29) is 17.9 Å². The summed E-state index contributed by atoms with van der Waals surface area (Å²) in [7, 11) is 0. The van der Waals surface area contributed by atoms with Crippen molar-refractivity contribution in [3.05, 3.63) is 27.5 Å². The quantitative estimate of drug-likeness (QED) is 0.770. The van der Waals surface area contributed by atoms with E-state index in [1.54, 1.807) is 0 Å². The van der Waals surface area contributed by atoms with Crippen molar-refractivity contribution in [3.8, 4) is 0 Å². The van der Waals surface area contributed by atoms with E-state index < -0.39 is 0 Å². The lowest BCUT2D eigenvalue weighted by Crippen LogP contribution is -2.36. The van der Waals surface area contributed by atoms with Crippen molar-refractivity contribution in [2.24, 2.45) is 0 Å². The van der Waals surface area contributed by atoms with Crippen LogP contribution in [0.4, 0.5) is 5.69 Å². The normalized spacial score (nSPS) is 18.2. The molecule has 1 saturated heterocycles. The molecular formula is C13H12BrN3O2S. The van der Waals surface area contributed by atoms with Gasteiger partial charge >= 0.3 is 0 Å². The number of nitrogens with one attached hydrogen (secondary N) is 2. The van der Waals surface area contributed by atoms with Gasteiger partial charge in [-0.3, -0.25) is 9.59 Å². The van der Waals surface area contributed by atoms with Gasteiger partial charge in [-0.2, -0.15) is 0 Å². The van der Waals surface area contributed by atoms with Gasteiger partial charge in [-0.1, -0.05) is 22.0 Å². The Hall–Kier alpha value is -1.60. The third-order valence-electron chi connectivity index (χ3n) is 3.21. The third kappa shape index (κ3) is 2.38. The van der Waals surface area contributed by atoms with Crippen molar-refractivity contribution < 1.29 is 9.59 Å². The van der Waals surface area contributed by atoms with Gasteiger partial charge in [0.25, 0.3) is 5.91 Å². The van der Waals surface area contributed by atoms with Crippen LogP contribution in [-0.2, 0) is 4.79 Å². The number of rotatable bonds is 2. The number of carbonyl (C=O) groups is 2. The topological polar surface area (TPSA) is 84.2 Å². The predicted octanol–water partition coefficient (Wildman–Crippen LogP) is 1.86. The highest BCUT2D eigenvalue weighted by Crippen LogP contribution is 2.35. The van der Waals surface area contributed by atoms with E-state index in [0.717, 1.165) is 14.6 Å². The Balaban J connectivity index is 1.87. The summed E-state index contributed by atoms with van der Waals surface area (Å²) in [5, 5.41) is 6.40. The van der Waals surface area contributed by atoms with E-state index in [2.05, 4.69) is 26.6 Å². The van der Waals surface area contributed by atoms with Crippen LogP contribution in [0, 0.1) is 0 Å². The minimum Gasteiger partial charge on any atom is -0.397 e. The molecule has 0 radical (unpaired) electrons. The van der Waals surface area contributed by atoms with Crippen LogP contribution >= 0.6 is 27.3 Å². The highest BCUT2D eigenvalue weighted by Gasteiger charge is 2.25. The van der Waals surface area contributed by atoms with Crippen LogP contribution in [0.15, 0.2) is 22.7 Å². The third-order valence-corrected chi connectivity index (χ3v) is 4.87. The van der Waals surface area contributed by atoms with Crippen molar-refractivity contribution in [3.63, 3.8) is 0 Å². The Kier molecular flexibility index (Phi) is 3.39. The van der Waals surface area contributed by atoms with E-state index in [9.17, 15) is 9.59 Å². The first kappa shape index (κ1) is 13.4. The van der Waals surface area contributed by atoms with Gasteiger partial charge < -0.3 is 16.4 Å². The fourth-order valence-electron chi connectivity index (χ4n) is 2.22. The van der Waals surface area contributed by atoms with Crippen molar-refractivity contribution in [2.45, 2.75) is 12.5 Å². The first-order valence-electron chi connectivity index (χ1n) is 6.09. The van der Waals surface area contributed by atoms with Crippen molar-refractivity contribution in [1.82, 2.24) is 10.6 Å². The molecule has 1 aliphatic rings. The molecule has 7 heteroatoms. The maximum absolute atomic E-state index is 12.3. The number of halogens is 1. The van der Waals surface area contributed by atoms with E-state index in [4.69, 9.17) is 5.73 Å². The maximum atomic E-state index is 12.3. The van der Waals surface area contributed by atoms with Crippen LogP contribution in [0.1, 0.15) is 16.1 Å². The molecule has 1 unspecified atom stereocenters. The molecule has 4 N–H and O–H groups in total. The SMILES string of the molecule is Nc1c(C(=O)NC2CNC(=O)C2)sc2cc(Br)ccc12. The fraction of sp³-hybridized carbons (Fsp3) is 0.231. The molecule has 0 saturated carbocycles. The second-order valence-corrected chi connectivity index (χ2v) is 6.63. The summed E-state index contributed by atoms with van der Waals surface area (Å²) in [4.78, 5) is 23.9. The van der Waals surface area contributed by atoms with Gasteiger partial charge in [-0.05, 0) is 12.1 Å².